The molecule has 1 heterocycles. The normalized spacial score (nSPS) is 14.6. The smallest absolute Gasteiger partial charge is 0.123 e. The minimum absolute atomic E-state index is 0.104. The third-order valence-corrected chi connectivity index (χ3v) is 1.80. The van der Waals surface area contributed by atoms with Crippen molar-refractivity contribution >= 4 is 0 Å². The predicted octanol–water partition coefficient (Wildman–Crippen LogP) is 1.79. The van der Waals surface area contributed by atoms with E-state index in [4.69, 9.17) is 4.11 Å². The number of para-hydroxylation sites is 1. The highest BCUT2D eigenvalue weighted by Crippen LogP contribution is 2.27. The average Bonchev–Trinajstić information content (AvgIpc) is 2.66. The maximum Gasteiger partial charge on any atom is 0.123 e. The molecule has 0 aliphatic heterocycles. The van der Waals surface area contributed by atoms with Crippen LogP contribution in [0.15, 0.2) is 36.7 Å². The van der Waals surface area contributed by atoms with Crippen molar-refractivity contribution < 1.29 is 9.22 Å². The molecule has 1 N–H and O–H groups in total. The van der Waals surface area contributed by atoms with Crippen LogP contribution in [0.5, 0.6) is 5.75 Å². The number of phenolic OH excluding ortho intramolecular Hbond substituents is 1. The fraction of sp³-hybridized carbons (Fsp3) is 0.100. The monoisotopic (exact) mass is 177 g/mol. The Bertz CT molecular complexity index is 505. The molecule has 0 radical (unpaired) electrons. The Morgan fingerprint density at radius 2 is 2.31 bits per heavy atom. The lowest BCUT2D eigenvalue weighted by Gasteiger charge is -1.99. The standard InChI is InChI=1S/C10H10N2O/c1-12-7-8(6-11-12)9-4-2-3-5-10(9)13/h2-7,13H,1H3/i1D3. The molecular formula is C10H10N2O. The highest BCUT2D eigenvalue weighted by atomic mass is 16.3. The van der Waals surface area contributed by atoms with Crippen LogP contribution in [0.4, 0.5) is 0 Å². The second-order valence-electron chi connectivity index (χ2n) is 2.69. The van der Waals surface area contributed by atoms with Crippen LogP contribution in [-0.4, -0.2) is 14.9 Å². The molecule has 66 valence electrons. The zero-order chi connectivity index (χ0) is 11.8. The van der Waals surface area contributed by atoms with E-state index in [-0.39, 0.29) is 5.75 Å². The fourth-order valence-electron chi connectivity index (χ4n) is 1.18. The van der Waals surface area contributed by atoms with Gasteiger partial charge in [0.1, 0.15) is 5.75 Å². The molecule has 0 aliphatic rings. The number of benzene rings is 1. The van der Waals surface area contributed by atoms with Gasteiger partial charge in [-0.2, -0.15) is 5.10 Å². The third-order valence-electron chi connectivity index (χ3n) is 1.80. The van der Waals surface area contributed by atoms with Gasteiger partial charge in [0.05, 0.1) is 6.20 Å². The molecule has 0 unspecified atom stereocenters. The van der Waals surface area contributed by atoms with Gasteiger partial charge in [-0.1, -0.05) is 18.2 Å². The van der Waals surface area contributed by atoms with E-state index >= 15 is 0 Å². The van der Waals surface area contributed by atoms with Crippen LogP contribution >= 0.6 is 0 Å². The van der Waals surface area contributed by atoms with E-state index in [1.807, 2.05) is 0 Å². The van der Waals surface area contributed by atoms with E-state index in [1.54, 1.807) is 24.3 Å². The van der Waals surface area contributed by atoms with Crippen LogP contribution in [0.2, 0.25) is 0 Å². The largest absolute Gasteiger partial charge is 0.507 e. The predicted molar refractivity (Wildman–Crippen MR) is 50.3 cm³/mol. The molecule has 0 aliphatic carbocycles. The van der Waals surface area contributed by atoms with Gasteiger partial charge in [-0.25, -0.2) is 0 Å². The molecule has 0 saturated carbocycles. The Morgan fingerprint density at radius 1 is 1.46 bits per heavy atom. The summed E-state index contributed by atoms with van der Waals surface area (Å²) in [5.74, 6) is 0.104. The first-order valence-corrected chi connectivity index (χ1v) is 3.82. The summed E-state index contributed by atoms with van der Waals surface area (Å²) in [6.45, 7) is -2.29. The van der Waals surface area contributed by atoms with E-state index in [0.29, 0.717) is 11.1 Å². The zero-order valence-electron chi connectivity index (χ0n) is 9.81. The van der Waals surface area contributed by atoms with Crippen molar-refractivity contribution in [3.63, 3.8) is 0 Å². The molecule has 0 spiro atoms. The van der Waals surface area contributed by atoms with Gasteiger partial charge < -0.3 is 5.11 Å². The highest BCUT2D eigenvalue weighted by Gasteiger charge is 2.03. The number of aryl methyl sites for hydroxylation is 1. The zero-order valence-corrected chi connectivity index (χ0v) is 6.81. The van der Waals surface area contributed by atoms with Gasteiger partial charge in [0.15, 0.2) is 0 Å². The van der Waals surface area contributed by atoms with Gasteiger partial charge in [0.25, 0.3) is 0 Å². The van der Waals surface area contributed by atoms with E-state index in [0.717, 1.165) is 4.68 Å². The molecule has 3 heteroatoms. The molecule has 1 aromatic carbocycles. The van der Waals surface area contributed by atoms with Crippen molar-refractivity contribution in [3.8, 4) is 16.9 Å². The van der Waals surface area contributed by atoms with Crippen molar-refractivity contribution in [1.82, 2.24) is 9.78 Å². The Hall–Kier alpha value is -1.77. The SMILES string of the molecule is [2H]C([2H])([2H])n1cc(-c2ccccc2O)cn1. The van der Waals surface area contributed by atoms with Crippen molar-refractivity contribution in [2.45, 2.75) is 0 Å². The molecule has 3 nitrogen and oxygen atoms in total. The molecule has 0 atom stereocenters. The molecule has 0 saturated heterocycles. The van der Waals surface area contributed by atoms with E-state index < -0.39 is 6.98 Å². The van der Waals surface area contributed by atoms with E-state index in [1.165, 1.54) is 12.4 Å². The van der Waals surface area contributed by atoms with Crippen molar-refractivity contribution in [2.24, 2.45) is 6.98 Å². The first kappa shape index (κ1) is 5.07. The first-order valence-electron chi connectivity index (χ1n) is 5.32. The second kappa shape index (κ2) is 2.94. The van der Waals surface area contributed by atoms with Gasteiger partial charge in [0.2, 0.25) is 0 Å². The number of nitrogens with zero attached hydrogens (tertiary/aromatic N) is 2. The Labute approximate surface area is 80.5 Å². The van der Waals surface area contributed by atoms with Crippen molar-refractivity contribution in [2.75, 3.05) is 0 Å². The third kappa shape index (κ3) is 1.40. The fourth-order valence-corrected chi connectivity index (χ4v) is 1.18. The molecule has 1 aromatic heterocycles. The minimum atomic E-state index is -2.29. The summed E-state index contributed by atoms with van der Waals surface area (Å²) in [6, 6.07) is 6.72. The van der Waals surface area contributed by atoms with Crippen LogP contribution in [0.3, 0.4) is 0 Å². The van der Waals surface area contributed by atoms with Crippen LogP contribution in [-0.2, 0) is 6.98 Å². The topological polar surface area (TPSA) is 38.0 Å². The summed E-state index contributed by atoms with van der Waals surface area (Å²) < 4.78 is 22.4. The number of rotatable bonds is 1. The number of aromatic nitrogens is 2. The lowest BCUT2D eigenvalue weighted by atomic mass is 10.1. The lowest BCUT2D eigenvalue weighted by Crippen LogP contribution is -1.84. The van der Waals surface area contributed by atoms with Gasteiger partial charge in [-0.15, -0.1) is 0 Å². The molecule has 2 aromatic rings. The summed E-state index contributed by atoms with van der Waals surface area (Å²) in [4.78, 5) is 0. The van der Waals surface area contributed by atoms with E-state index in [2.05, 4.69) is 5.10 Å². The minimum Gasteiger partial charge on any atom is -0.507 e. The molecule has 0 amide bonds. The van der Waals surface area contributed by atoms with E-state index in [9.17, 15) is 5.11 Å². The number of hydrogen-bond acceptors (Lipinski definition) is 2. The van der Waals surface area contributed by atoms with Crippen LogP contribution < -0.4 is 0 Å². The maximum atomic E-state index is 9.60. The number of aromatic hydroxyl groups is 1. The number of hydrogen-bond donors (Lipinski definition) is 1. The van der Waals surface area contributed by atoms with Crippen LogP contribution in [0, 0.1) is 0 Å². The van der Waals surface area contributed by atoms with Crippen molar-refractivity contribution in [3.05, 3.63) is 36.7 Å². The summed E-state index contributed by atoms with van der Waals surface area (Å²) in [7, 11) is 0. The molecular weight excluding hydrogens is 164 g/mol. The van der Waals surface area contributed by atoms with Crippen LogP contribution in [0.25, 0.3) is 11.1 Å². The Kier molecular flexibility index (Phi) is 1.14. The Balaban J connectivity index is 2.44. The van der Waals surface area contributed by atoms with Gasteiger partial charge in [0, 0.05) is 28.4 Å². The Morgan fingerprint density at radius 3 is 3.00 bits per heavy atom. The summed E-state index contributed by atoms with van der Waals surface area (Å²) in [5, 5.41) is 13.3. The second-order valence-corrected chi connectivity index (χ2v) is 2.69. The molecule has 13 heavy (non-hydrogen) atoms. The quantitative estimate of drug-likeness (QED) is 0.721. The van der Waals surface area contributed by atoms with Crippen LogP contribution in [0.1, 0.15) is 4.11 Å². The summed E-state index contributed by atoms with van der Waals surface area (Å²) in [6.07, 6.45) is 2.81. The molecule has 2 rings (SSSR count). The van der Waals surface area contributed by atoms with Gasteiger partial charge in [-0.3, -0.25) is 4.68 Å². The first-order chi connectivity index (χ1) is 7.48. The summed E-state index contributed by atoms with van der Waals surface area (Å²) in [5.41, 5.74) is 1.15. The maximum absolute atomic E-state index is 9.60. The lowest BCUT2D eigenvalue weighted by molar-refractivity contribution is 0.477. The average molecular weight is 177 g/mol. The van der Waals surface area contributed by atoms with Gasteiger partial charge in [-0.05, 0) is 6.07 Å². The molecule has 0 bridgehead atoms. The highest BCUT2D eigenvalue weighted by molar-refractivity contribution is 5.68. The number of phenols is 1. The van der Waals surface area contributed by atoms with Gasteiger partial charge >= 0.3 is 0 Å². The summed E-state index contributed by atoms with van der Waals surface area (Å²) >= 11 is 0. The molecule has 0 fully saturated rings. The van der Waals surface area contributed by atoms with Crippen molar-refractivity contribution in [1.29, 1.82) is 0 Å².